The van der Waals surface area contributed by atoms with Crippen LogP contribution in [-0.4, -0.2) is 25.7 Å². The van der Waals surface area contributed by atoms with E-state index in [1.54, 1.807) is 10.8 Å². The molecule has 2 N–H and O–H groups in total. The number of aromatic nitrogens is 4. The maximum absolute atomic E-state index is 13.7. The molecule has 2 aromatic carbocycles. The summed E-state index contributed by atoms with van der Waals surface area (Å²) in [5.74, 6) is -5.34. The van der Waals surface area contributed by atoms with Crippen molar-refractivity contribution in [2.45, 2.75) is 56.4 Å². The summed E-state index contributed by atoms with van der Waals surface area (Å²) in [7, 11) is 0. The maximum atomic E-state index is 13.7. The third-order valence-electron chi connectivity index (χ3n) is 8.73. The lowest BCUT2D eigenvalue weighted by atomic mass is 9.96. The Morgan fingerprint density at radius 1 is 0.766 bits per heavy atom. The standard InChI is InChI=1S/C18H14F5N3.C15H12F3N3/c1-9(18(21,22)23)10-4-11(8-24-7-10)17-25-15-5-13(19)14(20)6-16(15)26(17)12-2-3-12;16-10-3-9(6-19-7-10)15(8-1-2-8)20-13-4-11(17)12(18)5-14(13)21-15/h4-9,12H,2-3H2,1H3;3-8,20-21H,1-2H2. The molecule has 6 nitrogen and oxygen atoms in total. The fraction of sp³-hybridized carbons (Fsp3) is 0.303. The minimum atomic E-state index is -4.39. The average molecular weight is 659 g/mol. The van der Waals surface area contributed by atoms with Crippen molar-refractivity contribution in [3.8, 4) is 11.4 Å². The highest BCUT2D eigenvalue weighted by Gasteiger charge is 2.50. The van der Waals surface area contributed by atoms with Crippen molar-refractivity contribution in [2.24, 2.45) is 5.92 Å². The quantitative estimate of drug-likeness (QED) is 0.185. The first-order chi connectivity index (χ1) is 22.3. The maximum Gasteiger partial charge on any atom is 0.395 e. The zero-order chi connectivity index (χ0) is 33.2. The van der Waals surface area contributed by atoms with E-state index >= 15 is 0 Å². The summed E-state index contributed by atoms with van der Waals surface area (Å²) in [4.78, 5) is 12.1. The molecular formula is C33H26F8N6. The molecule has 0 amide bonds. The lowest BCUT2D eigenvalue weighted by Crippen LogP contribution is -2.41. The van der Waals surface area contributed by atoms with Crippen LogP contribution in [0.3, 0.4) is 0 Å². The first-order valence-electron chi connectivity index (χ1n) is 14.9. The number of hydrogen-bond acceptors (Lipinski definition) is 5. The van der Waals surface area contributed by atoms with Crippen LogP contribution in [0.1, 0.15) is 55.7 Å². The van der Waals surface area contributed by atoms with Crippen molar-refractivity contribution >= 4 is 22.4 Å². The number of alkyl halides is 3. The number of nitrogens with one attached hydrogen (secondary N) is 2. The Morgan fingerprint density at radius 2 is 1.38 bits per heavy atom. The summed E-state index contributed by atoms with van der Waals surface area (Å²) in [6, 6.07) is 7.17. The van der Waals surface area contributed by atoms with Gasteiger partial charge in [-0.25, -0.2) is 26.9 Å². The lowest BCUT2D eigenvalue weighted by molar-refractivity contribution is -0.146. The topological polar surface area (TPSA) is 67.7 Å². The van der Waals surface area contributed by atoms with E-state index in [4.69, 9.17) is 0 Å². The number of hydrogen-bond donors (Lipinski definition) is 2. The zero-order valence-electron chi connectivity index (χ0n) is 24.6. The second kappa shape index (κ2) is 11.2. The molecule has 0 radical (unpaired) electrons. The highest BCUT2D eigenvalue weighted by molar-refractivity contribution is 5.81. The van der Waals surface area contributed by atoms with E-state index in [2.05, 4.69) is 25.6 Å². The second-order valence-electron chi connectivity index (χ2n) is 12.1. The highest BCUT2D eigenvalue weighted by Crippen LogP contribution is 2.52. The summed E-state index contributed by atoms with van der Waals surface area (Å²) in [5, 5.41) is 6.39. The van der Waals surface area contributed by atoms with Crippen LogP contribution in [0, 0.1) is 35.0 Å². The van der Waals surface area contributed by atoms with E-state index in [-0.39, 0.29) is 23.0 Å². The summed E-state index contributed by atoms with van der Waals surface area (Å²) in [6.45, 7) is 1.06. The molecule has 244 valence electrons. The Kier molecular flexibility index (Phi) is 7.36. The van der Waals surface area contributed by atoms with E-state index in [0.29, 0.717) is 33.8 Å². The number of rotatable bonds is 5. The molecule has 1 unspecified atom stereocenters. The molecule has 1 atom stereocenters. The zero-order valence-corrected chi connectivity index (χ0v) is 24.6. The number of halogens is 8. The van der Waals surface area contributed by atoms with Crippen LogP contribution >= 0.6 is 0 Å². The van der Waals surface area contributed by atoms with Crippen molar-refractivity contribution in [3.05, 3.63) is 101 Å². The lowest BCUT2D eigenvalue weighted by Gasteiger charge is -2.31. The molecule has 3 aliphatic rings. The molecule has 3 aromatic heterocycles. The van der Waals surface area contributed by atoms with Crippen molar-refractivity contribution in [3.63, 3.8) is 0 Å². The summed E-state index contributed by atoms with van der Waals surface area (Å²) < 4.78 is 108. The van der Waals surface area contributed by atoms with E-state index in [1.807, 2.05) is 0 Å². The van der Waals surface area contributed by atoms with Crippen LogP contribution in [0.25, 0.3) is 22.4 Å². The van der Waals surface area contributed by atoms with Crippen LogP contribution in [0.5, 0.6) is 0 Å². The third kappa shape index (κ3) is 5.74. The smallest absolute Gasteiger partial charge is 0.357 e. The van der Waals surface area contributed by atoms with Gasteiger partial charge in [0.05, 0.1) is 34.5 Å². The largest absolute Gasteiger partial charge is 0.395 e. The van der Waals surface area contributed by atoms with Gasteiger partial charge in [0.2, 0.25) is 0 Å². The molecule has 0 spiro atoms. The number of pyridine rings is 2. The van der Waals surface area contributed by atoms with Crippen molar-refractivity contribution < 1.29 is 35.1 Å². The van der Waals surface area contributed by atoms with Crippen LogP contribution in [-0.2, 0) is 5.66 Å². The summed E-state index contributed by atoms with van der Waals surface area (Å²) in [5.41, 5.74) is 1.93. The SMILES string of the molecule is CC(c1cncc(-c2nc3cc(F)c(F)cc3n2C2CC2)c1)C(F)(F)F.Fc1cncc(C2(C3CC3)Nc3cc(F)c(F)cc3N2)c1. The second-order valence-corrected chi connectivity index (χ2v) is 12.1. The number of benzene rings is 2. The number of anilines is 2. The van der Waals surface area contributed by atoms with Crippen molar-refractivity contribution in [1.29, 1.82) is 0 Å². The molecule has 2 fully saturated rings. The van der Waals surface area contributed by atoms with Crippen LogP contribution in [0.15, 0.2) is 61.2 Å². The van der Waals surface area contributed by atoms with Gasteiger partial charge in [-0.15, -0.1) is 0 Å². The monoisotopic (exact) mass is 658 g/mol. The van der Waals surface area contributed by atoms with Crippen LogP contribution in [0.2, 0.25) is 0 Å². The van der Waals surface area contributed by atoms with Gasteiger partial charge in [0.25, 0.3) is 0 Å². The Labute approximate surface area is 262 Å². The molecule has 2 saturated carbocycles. The number of fused-ring (bicyclic) bond motifs is 2. The minimum absolute atomic E-state index is 0.0155. The molecule has 0 bridgehead atoms. The predicted molar refractivity (Wildman–Crippen MR) is 158 cm³/mol. The van der Waals surface area contributed by atoms with Gasteiger partial charge in [-0.1, -0.05) is 0 Å². The van der Waals surface area contributed by atoms with E-state index in [9.17, 15) is 35.1 Å². The Hall–Kier alpha value is -4.75. The predicted octanol–water partition coefficient (Wildman–Crippen LogP) is 8.98. The highest BCUT2D eigenvalue weighted by atomic mass is 19.4. The fourth-order valence-corrected chi connectivity index (χ4v) is 5.94. The van der Waals surface area contributed by atoms with Gasteiger partial charge < -0.3 is 15.2 Å². The van der Waals surface area contributed by atoms with Gasteiger partial charge >= 0.3 is 6.18 Å². The molecular weight excluding hydrogens is 632 g/mol. The molecule has 8 rings (SSSR count). The molecule has 2 aliphatic carbocycles. The van der Waals surface area contributed by atoms with Crippen molar-refractivity contribution in [2.75, 3.05) is 10.6 Å². The van der Waals surface area contributed by atoms with E-state index in [1.165, 1.54) is 24.5 Å². The third-order valence-corrected chi connectivity index (χ3v) is 8.73. The van der Waals surface area contributed by atoms with E-state index < -0.39 is 46.8 Å². The molecule has 47 heavy (non-hydrogen) atoms. The van der Waals surface area contributed by atoms with Gasteiger partial charge in [-0.2, -0.15) is 13.2 Å². The Balaban J connectivity index is 0.000000153. The first kappa shape index (κ1) is 30.9. The summed E-state index contributed by atoms with van der Waals surface area (Å²) >= 11 is 0. The Bertz CT molecular complexity index is 1970. The molecule has 4 heterocycles. The fourth-order valence-electron chi connectivity index (χ4n) is 5.94. The first-order valence-corrected chi connectivity index (χ1v) is 14.9. The van der Waals surface area contributed by atoms with Gasteiger partial charge in [0.1, 0.15) is 17.3 Å². The number of imidazole rings is 1. The average Bonchev–Trinajstić information content (AvgIpc) is 3.97. The summed E-state index contributed by atoms with van der Waals surface area (Å²) in [6.07, 6.45) is 4.51. The van der Waals surface area contributed by atoms with Crippen LogP contribution in [0.4, 0.5) is 46.5 Å². The normalized spacial score (nSPS) is 17.4. The van der Waals surface area contributed by atoms with E-state index in [0.717, 1.165) is 63.1 Å². The molecule has 0 saturated heterocycles. The van der Waals surface area contributed by atoms with Gasteiger partial charge in [0, 0.05) is 65.9 Å². The van der Waals surface area contributed by atoms with Crippen molar-refractivity contribution in [1.82, 2.24) is 19.5 Å². The minimum Gasteiger partial charge on any atom is -0.357 e. The molecule has 1 aliphatic heterocycles. The van der Waals surface area contributed by atoms with Gasteiger partial charge in [0.15, 0.2) is 23.3 Å². The van der Waals surface area contributed by atoms with Gasteiger partial charge in [-0.05, 0) is 50.3 Å². The number of nitrogens with zero attached hydrogens (tertiary/aromatic N) is 4. The molecule has 14 heteroatoms. The molecule has 5 aromatic rings. The van der Waals surface area contributed by atoms with Crippen LogP contribution < -0.4 is 10.6 Å². The Morgan fingerprint density at radius 3 is 1.98 bits per heavy atom. The van der Waals surface area contributed by atoms with Gasteiger partial charge in [-0.3, -0.25) is 9.97 Å².